The Bertz CT molecular complexity index is 877. The largest absolute Gasteiger partial charge is 0.373 e. The number of nitrogens with zero attached hydrogens (tertiary/aromatic N) is 1. The number of aldehydes is 1. The summed E-state index contributed by atoms with van der Waals surface area (Å²) in [6.07, 6.45) is 2.69. The van der Waals surface area contributed by atoms with E-state index in [9.17, 15) is 9.18 Å². The lowest BCUT2D eigenvalue weighted by Crippen LogP contribution is -2.19. The molecule has 0 aliphatic rings. The number of halogens is 2. The molecule has 0 amide bonds. The summed E-state index contributed by atoms with van der Waals surface area (Å²) in [5.74, 6) is -0.262. The molecule has 26 heavy (non-hydrogen) atoms. The van der Waals surface area contributed by atoms with E-state index in [1.807, 2.05) is 41.1 Å². The van der Waals surface area contributed by atoms with Crippen molar-refractivity contribution < 1.29 is 13.9 Å². The predicted octanol–water partition coefficient (Wildman–Crippen LogP) is 3.79. The Morgan fingerprint density at radius 3 is 2.77 bits per heavy atom. The molecule has 0 fully saturated rings. The van der Waals surface area contributed by atoms with Gasteiger partial charge in [0.2, 0.25) is 0 Å². The van der Waals surface area contributed by atoms with Crippen molar-refractivity contribution in [2.75, 3.05) is 19.8 Å². The maximum absolute atomic E-state index is 14.1. The van der Waals surface area contributed by atoms with Crippen molar-refractivity contribution in [3.63, 3.8) is 0 Å². The Morgan fingerprint density at radius 1 is 1.19 bits per heavy atom. The van der Waals surface area contributed by atoms with Crippen LogP contribution in [0.5, 0.6) is 0 Å². The van der Waals surface area contributed by atoms with Crippen molar-refractivity contribution in [3.05, 3.63) is 70.6 Å². The van der Waals surface area contributed by atoms with E-state index in [1.165, 1.54) is 0 Å². The quantitative estimate of drug-likeness (QED) is 0.458. The first-order valence-electron chi connectivity index (χ1n) is 8.41. The van der Waals surface area contributed by atoms with Gasteiger partial charge in [0.05, 0.1) is 12.1 Å². The van der Waals surface area contributed by atoms with Gasteiger partial charge in [-0.1, -0.05) is 23.7 Å². The number of nitrogens with one attached hydrogen (secondary N) is 1. The highest BCUT2D eigenvalue weighted by Crippen LogP contribution is 2.23. The Kier molecular flexibility index (Phi) is 6.39. The number of fused-ring (bicyclic) bond motifs is 1. The summed E-state index contributed by atoms with van der Waals surface area (Å²) in [5.41, 5.74) is 2.85. The highest BCUT2D eigenvalue weighted by atomic mass is 35.5. The molecule has 0 radical (unpaired) electrons. The highest BCUT2D eigenvalue weighted by molar-refractivity contribution is 6.30. The lowest BCUT2D eigenvalue weighted by atomic mass is 10.1. The maximum atomic E-state index is 14.1. The lowest BCUT2D eigenvalue weighted by Gasteiger charge is -2.09. The lowest BCUT2D eigenvalue weighted by molar-refractivity contribution is -0.111. The van der Waals surface area contributed by atoms with Crippen molar-refractivity contribution in [2.45, 2.75) is 13.1 Å². The van der Waals surface area contributed by atoms with Crippen molar-refractivity contribution in [1.82, 2.24) is 9.88 Å². The summed E-state index contributed by atoms with van der Waals surface area (Å²) in [4.78, 5) is 10.2. The summed E-state index contributed by atoms with van der Waals surface area (Å²) in [6.45, 7) is 2.31. The normalized spacial score (nSPS) is 11.2. The van der Waals surface area contributed by atoms with Crippen LogP contribution in [0.1, 0.15) is 11.1 Å². The van der Waals surface area contributed by atoms with E-state index in [2.05, 4.69) is 5.32 Å². The molecule has 3 rings (SSSR count). The zero-order valence-electron chi connectivity index (χ0n) is 14.3. The van der Waals surface area contributed by atoms with Crippen LogP contribution in [0.25, 0.3) is 10.9 Å². The van der Waals surface area contributed by atoms with Crippen LogP contribution < -0.4 is 5.32 Å². The summed E-state index contributed by atoms with van der Waals surface area (Å²) in [7, 11) is 0. The average molecular weight is 375 g/mol. The zero-order chi connectivity index (χ0) is 18.4. The molecule has 1 heterocycles. The SMILES string of the molecule is O=CCOCCNCc1cc(F)cc2c1ccn2Cc1ccc(Cl)cc1. The molecule has 0 aliphatic carbocycles. The summed E-state index contributed by atoms with van der Waals surface area (Å²) < 4.78 is 21.2. The first-order valence-corrected chi connectivity index (χ1v) is 8.79. The van der Waals surface area contributed by atoms with E-state index >= 15 is 0 Å². The molecule has 0 aliphatic heterocycles. The molecule has 2 aromatic carbocycles. The van der Waals surface area contributed by atoms with Gasteiger partial charge in [-0.2, -0.15) is 0 Å². The molecule has 136 valence electrons. The van der Waals surface area contributed by atoms with E-state index in [0.29, 0.717) is 31.3 Å². The monoisotopic (exact) mass is 374 g/mol. The van der Waals surface area contributed by atoms with Crippen LogP contribution in [-0.2, 0) is 22.6 Å². The van der Waals surface area contributed by atoms with E-state index < -0.39 is 0 Å². The zero-order valence-corrected chi connectivity index (χ0v) is 15.0. The Morgan fingerprint density at radius 2 is 2.00 bits per heavy atom. The molecule has 0 atom stereocenters. The van der Waals surface area contributed by atoms with E-state index in [4.69, 9.17) is 16.3 Å². The van der Waals surface area contributed by atoms with Crippen LogP contribution in [0.4, 0.5) is 4.39 Å². The Balaban J connectivity index is 1.73. The summed E-state index contributed by atoms with van der Waals surface area (Å²) in [6, 6.07) is 12.8. The van der Waals surface area contributed by atoms with Crippen molar-refractivity contribution >= 4 is 28.8 Å². The first kappa shape index (κ1) is 18.6. The third-order valence-electron chi connectivity index (χ3n) is 4.13. The number of hydrogen-bond acceptors (Lipinski definition) is 3. The second-order valence-electron chi connectivity index (χ2n) is 5.99. The minimum absolute atomic E-state index is 0.0967. The molecule has 0 bridgehead atoms. The van der Waals surface area contributed by atoms with Gasteiger partial charge in [-0.05, 0) is 41.5 Å². The van der Waals surface area contributed by atoms with Gasteiger partial charge in [0.15, 0.2) is 0 Å². The fraction of sp³-hybridized carbons (Fsp3) is 0.250. The standard InChI is InChI=1S/C20H20ClFN2O2/c21-17-3-1-15(2-4-17)14-24-7-5-19-16(11-18(22)12-20(19)24)13-23-6-9-26-10-8-25/h1-5,7-8,11-12,23H,6,9-10,13-14H2. The Hall–Kier alpha value is -2.21. The molecule has 0 spiro atoms. The number of ether oxygens (including phenoxy) is 1. The first-order chi connectivity index (χ1) is 12.7. The van der Waals surface area contributed by atoms with Gasteiger partial charge in [-0.25, -0.2) is 4.39 Å². The van der Waals surface area contributed by atoms with Crippen LogP contribution in [0.15, 0.2) is 48.7 Å². The minimum Gasteiger partial charge on any atom is -0.373 e. The number of aromatic nitrogens is 1. The van der Waals surface area contributed by atoms with Crippen molar-refractivity contribution in [2.24, 2.45) is 0 Å². The highest BCUT2D eigenvalue weighted by Gasteiger charge is 2.09. The number of hydrogen-bond donors (Lipinski definition) is 1. The van der Waals surface area contributed by atoms with Gasteiger partial charge >= 0.3 is 0 Å². The van der Waals surface area contributed by atoms with Crippen LogP contribution in [0.3, 0.4) is 0 Å². The molecule has 0 saturated carbocycles. The summed E-state index contributed by atoms with van der Waals surface area (Å²) >= 11 is 5.93. The molecule has 1 N–H and O–H groups in total. The van der Waals surface area contributed by atoms with Crippen molar-refractivity contribution in [1.29, 1.82) is 0 Å². The fourth-order valence-corrected chi connectivity index (χ4v) is 3.03. The van der Waals surface area contributed by atoms with E-state index in [0.717, 1.165) is 28.3 Å². The second kappa shape index (κ2) is 8.94. The van der Waals surface area contributed by atoms with E-state index in [-0.39, 0.29) is 12.4 Å². The number of carbonyl (C=O) groups is 1. The maximum Gasteiger partial charge on any atom is 0.145 e. The number of carbonyl (C=O) groups excluding carboxylic acids is 1. The smallest absolute Gasteiger partial charge is 0.145 e. The second-order valence-corrected chi connectivity index (χ2v) is 6.42. The average Bonchev–Trinajstić information content (AvgIpc) is 3.02. The van der Waals surface area contributed by atoms with Crippen LogP contribution in [0.2, 0.25) is 5.02 Å². The van der Waals surface area contributed by atoms with Gasteiger partial charge < -0.3 is 19.4 Å². The van der Waals surface area contributed by atoms with E-state index in [1.54, 1.807) is 12.1 Å². The van der Waals surface area contributed by atoms with Crippen LogP contribution >= 0.6 is 11.6 Å². The van der Waals surface area contributed by atoms with Gasteiger partial charge in [0.25, 0.3) is 0 Å². The third kappa shape index (κ3) is 4.69. The topological polar surface area (TPSA) is 43.3 Å². The van der Waals surface area contributed by atoms with Crippen LogP contribution in [0, 0.1) is 5.82 Å². The van der Waals surface area contributed by atoms with Gasteiger partial charge in [-0.3, -0.25) is 0 Å². The molecular weight excluding hydrogens is 355 g/mol. The molecule has 0 unspecified atom stereocenters. The molecular formula is C20H20ClFN2O2. The van der Waals surface area contributed by atoms with Gasteiger partial charge in [0, 0.05) is 36.2 Å². The van der Waals surface area contributed by atoms with Crippen LogP contribution in [-0.4, -0.2) is 30.6 Å². The molecule has 4 nitrogen and oxygen atoms in total. The number of rotatable bonds is 9. The molecule has 3 aromatic rings. The predicted molar refractivity (Wildman–Crippen MR) is 101 cm³/mol. The summed E-state index contributed by atoms with van der Waals surface area (Å²) in [5, 5.41) is 4.93. The van der Waals surface area contributed by atoms with Gasteiger partial charge in [-0.15, -0.1) is 0 Å². The molecule has 6 heteroatoms. The fourth-order valence-electron chi connectivity index (χ4n) is 2.90. The van der Waals surface area contributed by atoms with Crippen molar-refractivity contribution in [3.8, 4) is 0 Å². The minimum atomic E-state index is -0.262. The Labute approximate surface area is 156 Å². The number of benzene rings is 2. The molecule has 0 saturated heterocycles. The third-order valence-corrected chi connectivity index (χ3v) is 4.38. The molecule has 1 aromatic heterocycles. The van der Waals surface area contributed by atoms with Gasteiger partial charge in [0.1, 0.15) is 18.7 Å².